The van der Waals surface area contributed by atoms with Crippen LogP contribution in [-0.4, -0.2) is 67.1 Å². The molecule has 0 unspecified atom stereocenters. The van der Waals surface area contributed by atoms with Gasteiger partial charge in [-0.15, -0.1) is 0 Å². The third-order valence-electron chi connectivity index (χ3n) is 12.1. The van der Waals surface area contributed by atoms with Gasteiger partial charge in [0.05, 0.1) is 40.2 Å². The van der Waals surface area contributed by atoms with E-state index in [4.69, 9.17) is 32.7 Å². The van der Waals surface area contributed by atoms with E-state index in [0.29, 0.717) is 50.2 Å². The second-order valence-electron chi connectivity index (χ2n) is 15.4. The van der Waals surface area contributed by atoms with Gasteiger partial charge in [-0.1, -0.05) is 72.8 Å². The highest BCUT2D eigenvalue weighted by atomic mass is 35.5. The van der Waals surface area contributed by atoms with Gasteiger partial charge in [0.2, 0.25) is 0 Å². The number of nitrogens with zero attached hydrogens (tertiary/aromatic N) is 2. The number of alkyl halides is 6. The van der Waals surface area contributed by atoms with E-state index in [-0.39, 0.29) is 59.2 Å². The first-order chi connectivity index (χ1) is 26.1. The zero-order valence-electron chi connectivity index (χ0n) is 30.1. The molecule has 6 nitrogen and oxygen atoms in total. The summed E-state index contributed by atoms with van der Waals surface area (Å²) in [5, 5.41) is 0.511. The Labute approximate surface area is 326 Å². The summed E-state index contributed by atoms with van der Waals surface area (Å²) in [4.78, 5) is 30.7. The van der Waals surface area contributed by atoms with Gasteiger partial charge in [0.1, 0.15) is 11.7 Å². The number of likely N-dealkylation sites (tertiary alicyclic amines) is 1. The summed E-state index contributed by atoms with van der Waals surface area (Å²) >= 11 is 12.7. The highest BCUT2D eigenvalue weighted by molar-refractivity contribution is 6.42. The first kappa shape index (κ1) is 39.9. The normalized spacial score (nSPS) is 23.5. The van der Waals surface area contributed by atoms with Crippen molar-refractivity contribution in [2.75, 3.05) is 39.3 Å². The van der Waals surface area contributed by atoms with Gasteiger partial charge in [-0.2, -0.15) is 26.3 Å². The van der Waals surface area contributed by atoms with E-state index >= 15 is 0 Å². The van der Waals surface area contributed by atoms with Crippen molar-refractivity contribution in [3.05, 3.63) is 104 Å². The Morgan fingerprint density at radius 1 is 0.836 bits per heavy atom. The molecule has 2 heterocycles. The van der Waals surface area contributed by atoms with Crippen LogP contribution in [0.15, 0.2) is 60.7 Å². The van der Waals surface area contributed by atoms with E-state index in [1.807, 2.05) is 12.1 Å². The number of halogens is 8. The summed E-state index contributed by atoms with van der Waals surface area (Å²) in [6.45, 7) is 1.63. The first-order valence-corrected chi connectivity index (χ1v) is 19.5. The maximum Gasteiger partial charge on any atom is 0.416 e. The predicted molar refractivity (Wildman–Crippen MR) is 195 cm³/mol. The van der Waals surface area contributed by atoms with Gasteiger partial charge >= 0.3 is 18.3 Å². The van der Waals surface area contributed by atoms with Crippen molar-refractivity contribution in [2.45, 2.75) is 87.3 Å². The number of ether oxygens (including phenoxy) is 2. The third-order valence-corrected chi connectivity index (χ3v) is 12.8. The highest BCUT2D eigenvalue weighted by Crippen LogP contribution is 2.49. The molecule has 1 amide bonds. The number of rotatable bonds is 7. The van der Waals surface area contributed by atoms with Crippen LogP contribution < -0.4 is 0 Å². The van der Waals surface area contributed by atoms with Gasteiger partial charge in [0.15, 0.2) is 0 Å². The number of amides is 1. The zero-order valence-corrected chi connectivity index (χ0v) is 31.6. The van der Waals surface area contributed by atoms with Crippen LogP contribution in [0.3, 0.4) is 0 Å². The quantitative estimate of drug-likeness (QED) is 0.176. The van der Waals surface area contributed by atoms with Crippen molar-refractivity contribution in [1.29, 1.82) is 0 Å². The minimum absolute atomic E-state index is 0.00595. The molecule has 2 atom stereocenters. The van der Waals surface area contributed by atoms with Crippen molar-refractivity contribution in [3.8, 4) is 0 Å². The molecule has 1 saturated carbocycles. The lowest BCUT2D eigenvalue weighted by Crippen LogP contribution is -2.54. The van der Waals surface area contributed by atoms with Crippen molar-refractivity contribution in [1.82, 2.24) is 9.80 Å². The SMILES string of the molecule is O=C(O[C@H]1Cc2ccccc2C12CCN(CC[C@@]1(c3ccc(Cl)c(Cl)c3)CN(C(=O)c3cc(C(F)(F)F)cc(C(F)(F)F)c3)CCO1)CC2)C1CCCCC1. The molecule has 0 bridgehead atoms. The molecule has 14 heteroatoms. The average molecular weight is 812 g/mol. The minimum atomic E-state index is -5.10. The molecule has 0 aromatic heterocycles. The first-order valence-electron chi connectivity index (χ1n) is 18.8. The van der Waals surface area contributed by atoms with Gasteiger partial charge in [-0.05, 0) is 92.2 Å². The summed E-state index contributed by atoms with van der Waals surface area (Å²) in [5.74, 6) is -1.14. The van der Waals surface area contributed by atoms with Crippen LogP contribution in [0, 0.1) is 5.92 Å². The number of hydrogen-bond acceptors (Lipinski definition) is 5. The molecule has 0 radical (unpaired) electrons. The second-order valence-corrected chi connectivity index (χ2v) is 16.2. The van der Waals surface area contributed by atoms with Crippen LogP contribution in [-0.2, 0) is 44.1 Å². The Morgan fingerprint density at radius 2 is 1.51 bits per heavy atom. The lowest BCUT2D eigenvalue weighted by molar-refractivity contribution is -0.160. The lowest BCUT2D eigenvalue weighted by atomic mass is 9.72. The molecule has 55 heavy (non-hydrogen) atoms. The zero-order chi connectivity index (χ0) is 39.2. The summed E-state index contributed by atoms with van der Waals surface area (Å²) in [7, 11) is 0. The van der Waals surface area contributed by atoms with E-state index in [2.05, 4.69) is 17.0 Å². The Morgan fingerprint density at radius 3 is 2.16 bits per heavy atom. The number of benzene rings is 3. The van der Waals surface area contributed by atoms with Crippen LogP contribution in [0.5, 0.6) is 0 Å². The summed E-state index contributed by atoms with van der Waals surface area (Å²) in [6.07, 6.45) is -3.04. The topological polar surface area (TPSA) is 59.1 Å². The third kappa shape index (κ3) is 8.25. The summed E-state index contributed by atoms with van der Waals surface area (Å²) < 4.78 is 95.0. The average Bonchev–Trinajstić information content (AvgIpc) is 3.46. The van der Waals surface area contributed by atoms with Gasteiger partial charge in [-0.25, -0.2) is 0 Å². The molecular weight excluding hydrogens is 769 g/mol. The number of hydrogen-bond donors (Lipinski definition) is 0. The van der Waals surface area contributed by atoms with Crippen LogP contribution >= 0.6 is 23.2 Å². The smallest absolute Gasteiger partial charge is 0.416 e. The van der Waals surface area contributed by atoms with Crippen LogP contribution in [0.4, 0.5) is 26.3 Å². The predicted octanol–water partition coefficient (Wildman–Crippen LogP) is 9.87. The monoisotopic (exact) mass is 810 g/mol. The molecule has 2 aliphatic carbocycles. The van der Waals surface area contributed by atoms with Crippen molar-refractivity contribution < 1.29 is 45.4 Å². The maximum atomic E-state index is 13.8. The van der Waals surface area contributed by atoms with E-state index in [9.17, 15) is 35.9 Å². The van der Waals surface area contributed by atoms with Crippen LogP contribution in [0.2, 0.25) is 10.0 Å². The number of fused-ring (bicyclic) bond motifs is 2. The van der Waals surface area contributed by atoms with Crippen LogP contribution in [0.25, 0.3) is 0 Å². The maximum absolute atomic E-state index is 13.8. The minimum Gasteiger partial charge on any atom is -0.461 e. The Bertz CT molecular complexity index is 1880. The highest BCUT2D eigenvalue weighted by Gasteiger charge is 2.51. The summed E-state index contributed by atoms with van der Waals surface area (Å²) in [5.41, 5.74) is -2.39. The number of carbonyl (C=O) groups excluding carboxylic acids is 2. The fourth-order valence-corrected chi connectivity index (χ4v) is 9.35. The lowest BCUT2D eigenvalue weighted by Gasteiger charge is -2.46. The van der Waals surface area contributed by atoms with Gasteiger partial charge in [-0.3, -0.25) is 9.59 Å². The molecule has 3 fully saturated rings. The number of morpholine rings is 1. The number of carbonyl (C=O) groups is 2. The fraction of sp³-hybridized carbons (Fsp3) is 0.512. The summed E-state index contributed by atoms with van der Waals surface area (Å²) in [6, 6.07) is 14.1. The van der Waals surface area contributed by atoms with Crippen molar-refractivity contribution in [2.24, 2.45) is 5.92 Å². The van der Waals surface area contributed by atoms with Gasteiger partial charge in [0, 0.05) is 30.5 Å². The van der Waals surface area contributed by atoms with Gasteiger partial charge < -0.3 is 19.3 Å². The van der Waals surface area contributed by atoms with Crippen molar-refractivity contribution in [3.63, 3.8) is 0 Å². The van der Waals surface area contributed by atoms with Gasteiger partial charge in [0.25, 0.3) is 5.91 Å². The molecule has 3 aromatic carbocycles. The molecule has 1 spiro atoms. The molecule has 2 saturated heterocycles. The largest absolute Gasteiger partial charge is 0.461 e. The number of piperidine rings is 1. The Kier molecular flexibility index (Phi) is 11.3. The number of esters is 1. The van der Waals surface area contributed by atoms with E-state index in [0.717, 1.165) is 44.9 Å². The standard InChI is InChI=1S/C41H42Cl2F6N2O4/c42-33-11-10-29(24-34(33)43)39(25-51(18-19-54-39)36(52)28-20-30(40(44,45)46)23-31(21-28)41(47,48)49)14-17-50-15-12-38(13-16-50)32-9-5-4-8-27(32)22-35(38)55-37(53)26-6-2-1-3-7-26/h4-5,8-11,20-21,23-24,26,35H,1-3,6-7,12-19,22,25H2/t35-,39-/m0/s1. The van der Waals surface area contributed by atoms with E-state index in [1.54, 1.807) is 18.2 Å². The molecular formula is C41H42Cl2F6N2O4. The molecule has 7 rings (SSSR count). The van der Waals surface area contributed by atoms with Crippen LogP contribution in [0.1, 0.15) is 89.5 Å². The Hall–Kier alpha value is -3.32. The Balaban J connectivity index is 1.11. The fourth-order valence-electron chi connectivity index (χ4n) is 9.06. The van der Waals surface area contributed by atoms with E-state index in [1.165, 1.54) is 16.0 Å². The molecule has 2 aliphatic heterocycles. The second kappa shape index (κ2) is 15.6. The molecule has 0 N–H and O–H groups in total. The van der Waals surface area contributed by atoms with Crippen molar-refractivity contribution >= 4 is 35.1 Å². The molecule has 3 aromatic rings. The van der Waals surface area contributed by atoms with E-state index < -0.39 is 40.6 Å². The molecule has 4 aliphatic rings. The molecule has 296 valence electrons.